The zero-order valence-corrected chi connectivity index (χ0v) is 8.69. The minimum Gasteiger partial charge on any atom is -0.383 e. The molecule has 0 atom stereocenters. The van der Waals surface area contributed by atoms with E-state index in [-0.39, 0.29) is 11.7 Å². The summed E-state index contributed by atoms with van der Waals surface area (Å²) in [6.07, 6.45) is 0. The van der Waals surface area contributed by atoms with Crippen molar-refractivity contribution in [2.24, 2.45) is 21.5 Å². The summed E-state index contributed by atoms with van der Waals surface area (Å²) >= 11 is 0. The Balaban J connectivity index is 3.89. The van der Waals surface area contributed by atoms with Crippen molar-refractivity contribution in [3.8, 4) is 0 Å². The minimum absolute atomic E-state index is 0.248. The molecule has 0 aromatic rings. The van der Waals surface area contributed by atoms with E-state index in [1.807, 2.05) is 0 Å². The SMILES string of the molecule is COCCN=C(N)C(N)=NCCOC. The molecule has 14 heavy (non-hydrogen) atoms. The number of hydrogen-bond acceptors (Lipinski definition) is 4. The Morgan fingerprint density at radius 3 is 1.57 bits per heavy atom. The Bertz CT molecular complexity index is 182. The van der Waals surface area contributed by atoms with Gasteiger partial charge in [0.15, 0.2) is 11.7 Å². The molecule has 0 saturated carbocycles. The number of hydrogen-bond donors (Lipinski definition) is 2. The van der Waals surface area contributed by atoms with Gasteiger partial charge in [-0.05, 0) is 0 Å². The van der Waals surface area contributed by atoms with Crippen molar-refractivity contribution in [1.29, 1.82) is 0 Å². The number of nitrogens with two attached hydrogens (primary N) is 2. The molecule has 0 amide bonds. The molecule has 4 N–H and O–H groups in total. The standard InChI is InChI=1S/C8H18N4O2/c1-13-5-3-11-7(9)8(10)12-4-6-14-2/h3-6H2,1-2H3,(H2,9,11)(H2,10,12). The van der Waals surface area contributed by atoms with Crippen LogP contribution in [0.5, 0.6) is 0 Å². The second kappa shape index (κ2) is 8.46. The lowest BCUT2D eigenvalue weighted by Gasteiger charge is -2.00. The van der Waals surface area contributed by atoms with Gasteiger partial charge in [-0.1, -0.05) is 0 Å². The van der Waals surface area contributed by atoms with E-state index in [4.69, 9.17) is 20.9 Å². The van der Waals surface area contributed by atoms with E-state index >= 15 is 0 Å². The van der Waals surface area contributed by atoms with Crippen LogP contribution < -0.4 is 11.5 Å². The number of methoxy groups -OCH3 is 2. The summed E-state index contributed by atoms with van der Waals surface area (Å²) in [6, 6.07) is 0. The lowest BCUT2D eigenvalue weighted by molar-refractivity contribution is 0.207. The molecule has 0 rings (SSSR count). The van der Waals surface area contributed by atoms with E-state index in [1.54, 1.807) is 14.2 Å². The Morgan fingerprint density at radius 1 is 0.929 bits per heavy atom. The molecule has 0 aliphatic heterocycles. The van der Waals surface area contributed by atoms with Crippen molar-refractivity contribution < 1.29 is 9.47 Å². The summed E-state index contributed by atoms with van der Waals surface area (Å²) < 4.78 is 9.61. The summed E-state index contributed by atoms with van der Waals surface area (Å²) in [4.78, 5) is 7.93. The molecule has 0 aromatic carbocycles. The van der Waals surface area contributed by atoms with Crippen LogP contribution in [-0.2, 0) is 9.47 Å². The highest BCUT2D eigenvalue weighted by Gasteiger charge is 1.97. The van der Waals surface area contributed by atoms with Crippen LogP contribution in [0.15, 0.2) is 9.98 Å². The second-order valence-electron chi connectivity index (χ2n) is 2.52. The zero-order chi connectivity index (χ0) is 10.8. The molecular weight excluding hydrogens is 184 g/mol. The van der Waals surface area contributed by atoms with E-state index < -0.39 is 0 Å². The van der Waals surface area contributed by atoms with Crippen molar-refractivity contribution in [3.63, 3.8) is 0 Å². The Morgan fingerprint density at radius 2 is 1.29 bits per heavy atom. The first kappa shape index (κ1) is 12.9. The van der Waals surface area contributed by atoms with Gasteiger partial charge in [-0.2, -0.15) is 0 Å². The molecule has 6 nitrogen and oxygen atoms in total. The molecule has 0 aromatic heterocycles. The topological polar surface area (TPSA) is 95.2 Å². The van der Waals surface area contributed by atoms with Gasteiger partial charge < -0.3 is 20.9 Å². The number of aliphatic imine (C=N–C) groups is 2. The van der Waals surface area contributed by atoms with Gasteiger partial charge in [-0.3, -0.25) is 9.98 Å². The lowest BCUT2D eigenvalue weighted by Crippen LogP contribution is -2.32. The fourth-order valence-electron chi connectivity index (χ4n) is 0.677. The molecular formula is C8H18N4O2. The number of amidine groups is 2. The van der Waals surface area contributed by atoms with Crippen LogP contribution in [0, 0.1) is 0 Å². The Labute approximate surface area is 84.0 Å². The maximum absolute atomic E-state index is 5.54. The highest BCUT2D eigenvalue weighted by Crippen LogP contribution is 1.78. The fraction of sp³-hybridized carbons (Fsp3) is 0.750. The quantitative estimate of drug-likeness (QED) is 0.328. The summed E-state index contributed by atoms with van der Waals surface area (Å²) in [5.74, 6) is 0.497. The minimum atomic E-state index is 0.248. The third-order valence-electron chi connectivity index (χ3n) is 1.42. The first-order valence-electron chi connectivity index (χ1n) is 4.30. The smallest absolute Gasteiger partial charge is 0.161 e. The molecule has 0 unspecified atom stereocenters. The maximum Gasteiger partial charge on any atom is 0.161 e. The molecule has 0 saturated heterocycles. The van der Waals surface area contributed by atoms with Crippen molar-refractivity contribution in [3.05, 3.63) is 0 Å². The fourth-order valence-corrected chi connectivity index (χ4v) is 0.677. The highest BCUT2D eigenvalue weighted by atomic mass is 16.5. The Kier molecular flexibility index (Phi) is 7.77. The normalized spacial score (nSPS) is 13.3. The summed E-state index contributed by atoms with van der Waals surface area (Å²) in [5, 5.41) is 0. The van der Waals surface area contributed by atoms with Crippen molar-refractivity contribution in [2.75, 3.05) is 40.5 Å². The van der Waals surface area contributed by atoms with Crippen LogP contribution in [0.25, 0.3) is 0 Å². The summed E-state index contributed by atoms with van der Waals surface area (Å²) in [7, 11) is 3.20. The van der Waals surface area contributed by atoms with Gasteiger partial charge in [-0.25, -0.2) is 0 Å². The van der Waals surface area contributed by atoms with E-state index in [1.165, 1.54) is 0 Å². The van der Waals surface area contributed by atoms with Crippen LogP contribution in [0.1, 0.15) is 0 Å². The maximum atomic E-state index is 5.54. The molecule has 0 bridgehead atoms. The molecule has 0 radical (unpaired) electrons. The predicted molar refractivity (Wildman–Crippen MR) is 56.7 cm³/mol. The average Bonchev–Trinajstić information content (AvgIpc) is 2.18. The monoisotopic (exact) mass is 202 g/mol. The number of nitrogens with zero attached hydrogens (tertiary/aromatic N) is 2. The molecule has 0 aliphatic carbocycles. The van der Waals surface area contributed by atoms with Crippen LogP contribution in [0.4, 0.5) is 0 Å². The molecule has 0 fully saturated rings. The number of ether oxygens (including phenoxy) is 2. The first-order chi connectivity index (χ1) is 6.72. The second-order valence-corrected chi connectivity index (χ2v) is 2.52. The van der Waals surface area contributed by atoms with Crippen LogP contribution in [0.2, 0.25) is 0 Å². The van der Waals surface area contributed by atoms with E-state index in [9.17, 15) is 0 Å². The zero-order valence-electron chi connectivity index (χ0n) is 8.69. The molecule has 0 heterocycles. The molecule has 82 valence electrons. The highest BCUT2D eigenvalue weighted by molar-refractivity contribution is 6.39. The van der Waals surface area contributed by atoms with E-state index in [0.29, 0.717) is 26.3 Å². The lowest BCUT2D eigenvalue weighted by atomic mass is 10.5. The van der Waals surface area contributed by atoms with Crippen molar-refractivity contribution in [2.45, 2.75) is 0 Å². The van der Waals surface area contributed by atoms with E-state index in [2.05, 4.69) is 9.98 Å². The molecule has 0 aliphatic rings. The van der Waals surface area contributed by atoms with Gasteiger partial charge >= 0.3 is 0 Å². The van der Waals surface area contributed by atoms with Crippen molar-refractivity contribution >= 4 is 11.7 Å². The van der Waals surface area contributed by atoms with Gasteiger partial charge in [0.1, 0.15) is 0 Å². The third kappa shape index (κ3) is 6.38. The van der Waals surface area contributed by atoms with Crippen LogP contribution in [0.3, 0.4) is 0 Å². The van der Waals surface area contributed by atoms with Crippen LogP contribution >= 0.6 is 0 Å². The van der Waals surface area contributed by atoms with E-state index in [0.717, 1.165) is 0 Å². The largest absolute Gasteiger partial charge is 0.383 e. The average molecular weight is 202 g/mol. The molecule has 6 heteroatoms. The number of rotatable bonds is 6. The Hall–Kier alpha value is -1.14. The molecule has 0 spiro atoms. The van der Waals surface area contributed by atoms with Gasteiger partial charge in [0.2, 0.25) is 0 Å². The van der Waals surface area contributed by atoms with Gasteiger partial charge in [0, 0.05) is 14.2 Å². The van der Waals surface area contributed by atoms with Gasteiger partial charge in [0.25, 0.3) is 0 Å². The summed E-state index contributed by atoms with van der Waals surface area (Å²) in [5.41, 5.74) is 11.1. The van der Waals surface area contributed by atoms with Crippen molar-refractivity contribution in [1.82, 2.24) is 0 Å². The third-order valence-corrected chi connectivity index (χ3v) is 1.42. The van der Waals surface area contributed by atoms with Gasteiger partial charge in [0.05, 0.1) is 26.3 Å². The predicted octanol–water partition coefficient (Wildman–Crippen LogP) is -1.01. The van der Waals surface area contributed by atoms with Gasteiger partial charge in [-0.15, -0.1) is 0 Å². The first-order valence-corrected chi connectivity index (χ1v) is 4.30. The summed E-state index contributed by atoms with van der Waals surface area (Å²) in [6.45, 7) is 2.02. The van der Waals surface area contributed by atoms with Crippen LogP contribution in [-0.4, -0.2) is 52.2 Å².